The molecule has 1 saturated heterocycles. The van der Waals surface area contributed by atoms with Gasteiger partial charge in [0.25, 0.3) is 0 Å². The van der Waals surface area contributed by atoms with Gasteiger partial charge in [0.1, 0.15) is 5.69 Å². The van der Waals surface area contributed by atoms with Gasteiger partial charge in [-0.15, -0.1) is 0 Å². The topological polar surface area (TPSA) is 76.4 Å². The first kappa shape index (κ1) is 17.2. The van der Waals surface area contributed by atoms with E-state index in [2.05, 4.69) is 10.4 Å². The van der Waals surface area contributed by atoms with Crippen LogP contribution in [0.5, 0.6) is 0 Å². The number of halogens is 2. The Morgan fingerprint density at radius 1 is 1.38 bits per heavy atom. The van der Waals surface area contributed by atoms with Crippen molar-refractivity contribution in [3.05, 3.63) is 51.8 Å². The van der Waals surface area contributed by atoms with Crippen LogP contribution in [0.25, 0.3) is 0 Å². The Morgan fingerprint density at radius 2 is 2.21 bits per heavy atom. The molecule has 3 rings (SSSR count). The predicted octanol–water partition coefficient (Wildman–Crippen LogP) is 2.87. The zero-order valence-corrected chi connectivity index (χ0v) is 14.3. The van der Waals surface area contributed by atoms with Gasteiger partial charge in [-0.05, 0) is 23.8 Å². The maximum absolute atomic E-state index is 11.3. The highest BCUT2D eigenvalue weighted by molar-refractivity contribution is 6.42. The summed E-state index contributed by atoms with van der Waals surface area (Å²) in [5.74, 6) is -0.996. The number of hydrogen-bond acceptors (Lipinski definition) is 4. The zero-order valence-electron chi connectivity index (χ0n) is 12.8. The van der Waals surface area contributed by atoms with Gasteiger partial charge in [-0.25, -0.2) is 4.79 Å². The van der Waals surface area contributed by atoms with E-state index in [1.807, 2.05) is 6.07 Å². The number of benzene rings is 1. The van der Waals surface area contributed by atoms with E-state index in [9.17, 15) is 9.90 Å². The molecule has 0 bridgehead atoms. The minimum Gasteiger partial charge on any atom is -0.477 e. The van der Waals surface area contributed by atoms with E-state index in [1.165, 1.54) is 16.9 Å². The molecule has 6 nitrogen and oxygen atoms in total. The molecule has 1 aromatic heterocycles. The largest absolute Gasteiger partial charge is 0.477 e. The van der Waals surface area contributed by atoms with Crippen molar-refractivity contribution in [2.45, 2.75) is 12.6 Å². The molecule has 0 amide bonds. The van der Waals surface area contributed by atoms with Gasteiger partial charge in [-0.1, -0.05) is 29.3 Å². The van der Waals surface area contributed by atoms with Gasteiger partial charge in [0.2, 0.25) is 0 Å². The number of nitrogens with zero attached hydrogens (tertiary/aromatic N) is 2. The maximum atomic E-state index is 11.3. The van der Waals surface area contributed by atoms with Crippen LogP contribution in [0.4, 0.5) is 0 Å². The summed E-state index contributed by atoms with van der Waals surface area (Å²) >= 11 is 12.1. The fourth-order valence-electron chi connectivity index (χ4n) is 2.89. The Morgan fingerprint density at radius 3 is 2.96 bits per heavy atom. The van der Waals surface area contributed by atoms with E-state index in [0.29, 0.717) is 29.7 Å². The van der Waals surface area contributed by atoms with E-state index >= 15 is 0 Å². The molecular formula is C16H17Cl2N3O3. The van der Waals surface area contributed by atoms with Gasteiger partial charge < -0.3 is 15.2 Å². The molecule has 0 saturated carbocycles. The van der Waals surface area contributed by atoms with Crippen molar-refractivity contribution in [1.29, 1.82) is 0 Å². The molecule has 2 heterocycles. The number of aromatic carboxylic acids is 1. The number of aromatic nitrogens is 2. The van der Waals surface area contributed by atoms with Crippen LogP contribution in [0.2, 0.25) is 10.0 Å². The van der Waals surface area contributed by atoms with Gasteiger partial charge >= 0.3 is 5.97 Å². The smallest absolute Gasteiger partial charge is 0.354 e. The average Bonchev–Trinajstić information content (AvgIpc) is 2.89. The van der Waals surface area contributed by atoms with E-state index in [4.69, 9.17) is 27.9 Å². The third-order valence-electron chi connectivity index (χ3n) is 4.03. The highest BCUT2D eigenvalue weighted by Gasteiger charge is 2.28. The van der Waals surface area contributed by atoms with E-state index in [1.54, 1.807) is 12.1 Å². The van der Waals surface area contributed by atoms with E-state index in [-0.39, 0.29) is 17.7 Å². The van der Waals surface area contributed by atoms with Crippen LogP contribution in [-0.2, 0) is 11.3 Å². The van der Waals surface area contributed by atoms with Gasteiger partial charge in [0, 0.05) is 31.7 Å². The Kier molecular flexibility index (Phi) is 5.40. The molecule has 2 atom stereocenters. The van der Waals surface area contributed by atoms with Crippen molar-refractivity contribution in [3.63, 3.8) is 0 Å². The molecule has 24 heavy (non-hydrogen) atoms. The van der Waals surface area contributed by atoms with Crippen LogP contribution in [0, 0.1) is 5.92 Å². The first-order valence-electron chi connectivity index (χ1n) is 7.58. The van der Waals surface area contributed by atoms with Crippen molar-refractivity contribution >= 4 is 29.2 Å². The average molecular weight is 370 g/mol. The van der Waals surface area contributed by atoms with Crippen LogP contribution < -0.4 is 5.32 Å². The molecular weight excluding hydrogens is 353 g/mol. The van der Waals surface area contributed by atoms with Gasteiger partial charge in [0.05, 0.1) is 22.8 Å². The molecule has 1 aromatic carbocycles. The monoisotopic (exact) mass is 369 g/mol. The second-order valence-electron chi connectivity index (χ2n) is 5.63. The third-order valence-corrected chi connectivity index (χ3v) is 4.77. The van der Waals surface area contributed by atoms with Gasteiger partial charge in [0.15, 0.2) is 0 Å². The van der Waals surface area contributed by atoms with Crippen molar-refractivity contribution in [3.8, 4) is 0 Å². The second-order valence-corrected chi connectivity index (χ2v) is 6.45. The molecule has 2 aromatic rings. The fourth-order valence-corrected chi connectivity index (χ4v) is 3.20. The van der Waals surface area contributed by atoms with Crippen LogP contribution in [-0.4, -0.2) is 40.6 Å². The number of carboxylic acid groups (broad SMARTS) is 1. The standard InChI is InChI=1S/C16H17Cl2N3O3/c17-12-2-1-10(7-13(12)18)15-11(8-19-5-6-24-15)9-21-14(16(22)23)3-4-20-21/h1-4,7,11,15,19H,5-6,8-9H2,(H,22,23)/t11-,15-/m0/s1. The van der Waals surface area contributed by atoms with Gasteiger partial charge in [-0.3, -0.25) is 4.68 Å². The summed E-state index contributed by atoms with van der Waals surface area (Å²) in [6.07, 6.45) is 1.27. The SMILES string of the molecule is O=C(O)c1ccnn1C[C@@H]1CNCCO[C@H]1c1ccc(Cl)c(Cl)c1. The lowest BCUT2D eigenvalue weighted by Gasteiger charge is -2.25. The molecule has 2 N–H and O–H groups in total. The lowest BCUT2D eigenvalue weighted by atomic mass is 9.95. The molecule has 0 aliphatic carbocycles. The Balaban J connectivity index is 1.88. The fraction of sp³-hybridized carbons (Fsp3) is 0.375. The highest BCUT2D eigenvalue weighted by Crippen LogP contribution is 2.32. The van der Waals surface area contributed by atoms with Crippen LogP contribution in [0.1, 0.15) is 22.2 Å². The molecule has 1 aliphatic rings. The number of hydrogen-bond donors (Lipinski definition) is 2. The number of rotatable bonds is 4. The highest BCUT2D eigenvalue weighted by atomic mass is 35.5. The van der Waals surface area contributed by atoms with Crippen molar-refractivity contribution in [1.82, 2.24) is 15.1 Å². The summed E-state index contributed by atoms with van der Waals surface area (Å²) in [5, 5.41) is 17.6. The number of carbonyl (C=O) groups is 1. The maximum Gasteiger partial charge on any atom is 0.354 e. The normalized spacial score (nSPS) is 21.4. The molecule has 1 fully saturated rings. The Labute approximate surface area is 149 Å². The van der Waals surface area contributed by atoms with E-state index in [0.717, 1.165) is 12.1 Å². The summed E-state index contributed by atoms with van der Waals surface area (Å²) in [6, 6.07) is 6.92. The van der Waals surface area contributed by atoms with Crippen LogP contribution in [0.3, 0.4) is 0 Å². The first-order chi connectivity index (χ1) is 11.6. The molecule has 1 aliphatic heterocycles. The molecule has 0 spiro atoms. The van der Waals surface area contributed by atoms with Crippen molar-refractivity contribution < 1.29 is 14.6 Å². The number of carboxylic acids is 1. The van der Waals surface area contributed by atoms with Crippen molar-refractivity contribution in [2.24, 2.45) is 5.92 Å². The summed E-state index contributed by atoms with van der Waals surface area (Å²) in [4.78, 5) is 11.3. The second kappa shape index (κ2) is 7.53. The molecule has 0 radical (unpaired) electrons. The molecule has 8 heteroatoms. The number of ether oxygens (including phenoxy) is 1. The minimum atomic E-state index is -0.999. The molecule has 128 valence electrons. The predicted molar refractivity (Wildman–Crippen MR) is 90.7 cm³/mol. The summed E-state index contributed by atoms with van der Waals surface area (Å²) in [7, 11) is 0. The summed E-state index contributed by atoms with van der Waals surface area (Å²) < 4.78 is 7.49. The van der Waals surface area contributed by atoms with Crippen molar-refractivity contribution in [2.75, 3.05) is 19.7 Å². The lowest BCUT2D eigenvalue weighted by Crippen LogP contribution is -2.29. The molecule has 0 unspecified atom stereocenters. The number of nitrogens with one attached hydrogen (secondary N) is 1. The Bertz CT molecular complexity index is 735. The van der Waals surface area contributed by atoms with Gasteiger partial charge in [-0.2, -0.15) is 5.10 Å². The van der Waals surface area contributed by atoms with E-state index < -0.39 is 5.97 Å². The summed E-state index contributed by atoms with van der Waals surface area (Å²) in [6.45, 7) is 2.40. The summed E-state index contributed by atoms with van der Waals surface area (Å²) in [5.41, 5.74) is 1.08. The van der Waals surface area contributed by atoms with Crippen LogP contribution in [0.15, 0.2) is 30.5 Å². The first-order valence-corrected chi connectivity index (χ1v) is 8.34. The zero-order chi connectivity index (χ0) is 17.1. The lowest BCUT2D eigenvalue weighted by molar-refractivity contribution is 0.0236. The quantitative estimate of drug-likeness (QED) is 0.866. The minimum absolute atomic E-state index is 0.00254. The Hall–Kier alpha value is -1.60. The van der Waals surface area contributed by atoms with Crippen LogP contribution >= 0.6 is 23.2 Å². The third kappa shape index (κ3) is 3.72.